The molecule has 1 aliphatic carbocycles. The quantitative estimate of drug-likeness (QED) is 0.434. The lowest BCUT2D eigenvalue weighted by Gasteiger charge is -2.32. The Morgan fingerprint density at radius 3 is 2.36 bits per heavy atom. The van der Waals surface area contributed by atoms with Gasteiger partial charge in [0, 0.05) is 42.9 Å². The van der Waals surface area contributed by atoms with E-state index in [1.807, 2.05) is 0 Å². The summed E-state index contributed by atoms with van der Waals surface area (Å²) in [5.74, 6) is -2.03. The first-order valence-corrected chi connectivity index (χ1v) is 12.9. The highest BCUT2D eigenvalue weighted by Crippen LogP contribution is 2.28. The maximum atomic E-state index is 13.4. The van der Waals surface area contributed by atoms with Crippen LogP contribution in [-0.4, -0.2) is 65.7 Å². The summed E-state index contributed by atoms with van der Waals surface area (Å²) in [7, 11) is -4.29. The summed E-state index contributed by atoms with van der Waals surface area (Å²) in [4.78, 5) is 38.2. The van der Waals surface area contributed by atoms with Gasteiger partial charge < -0.3 is 16.0 Å². The molecule has 1 heterocycles. The summed E-state index contributed by atoms with van der Waals surface area (Å²) in [6.07, 6.45) is 1.10. The van der Waals surface area contributed by atoms with Crippen molar-refractivity contribution in [1.82, 2.24) is 14.5 Å². The van der Waals surface area contributed by atoms with Gasteiger partial charge >= 0.3 is 0 Å². The highest BCUT2D eigenvalue weighted by molar-refractivity contribution is 7.89. The van der Waals surface area contributed by atoms with Crippen molar-refractivity contribution in [3.8, 4) is 0 Å². The predicted octanol–water partition coefficient (Wildman–Crippen LogP) is 1.59. The molecule has 4 rings (SSSR count). The summed E-state index contributed by atoms with van der Waals surface area (Å²) < 4.78 is 41.2. The normalized spacial score (nSPS) is 22.8. The average molecular weight is 520 g/mol. The molecule has 36 heavy (non-hydrogen) atoms. The maximum Gasteiger partial charge on any atom is 0.270 e. The van der Waals surface area contributed by atoms with Crippen molar-refractivity contribution < 1.29 is 27.3 Å². The Morgan fingerprint density at radius 2 is 1.72 bits per heavy atom. The molecule has 1 aliphatic heterocycles. The Labute approximate surface area is 207 Å². The van der Waals surface area contributed by atoms with Crippen LogP contribution >= 0.6 is 0 Å². The molecule has 1 saturated carbocycles. The fourth-order valence-electron chi connectivity index (χ4n) is 4.54. The van der Waals surface area contributed by atoms with Gasteiger partial charge in [0.05, 0.1) is 9.82 Å². The summed E-state index contributed by atoms with van der Waals surface area (Å²) in [6, 6.07) is 8.99. The third kappa shape index (κ3) is 5.22. The standard InChI is InChI=1S/C23H26FN5O6S/c24-16-4-10-20(11-5-16)36(34,35)28-13-12-27(23(31)15-2-1-3-19(14-15)29(32)33)22(28)21(30)26-18-8-6-17(25)7-9-18/h1-5,10-11,14,17-18,22H,6-9,12-13,25H2,(H,26,30). The number of nitrogens with zero attached hydrogens (tertiary/aromatic N) is 3. The van der Waals surface area contributed by atoms with Crippen LogP contribution in [0.5, 0.6) is 0 Å². The molecule has 11 nitrogen and oxygen atoms in total. The van der Waals surface area contributed by atoms with E-state index < -0.39 is 38.7 Å². The van der Waals surface area contributed by atoms with E-state index in [9.17, 15) is 32.5 Å². The summed E-state index contributed by atoms with van der Waals surface area (Å²) >= 11 is 0. The first-order chi connectivity index (χ1) is 17.1. The van der Waals surface area contributed by atoms with Crippen LogP contribution in [0, 0.1) is 15.9 Å². The molecule has 2 fully saturated rings. The van der Waals surface area contributed by atoms with Gasteiger partial charge in [0.1, 0.15) is 5.82 Å². The summed E-state index contributed by atoms with van der Waals surface area (Å²) in [5.41, 5.74) is 5.58. The number of nitrogens with two attached hydrogens (primary N) is 1. The van der Waals surface area contributed by atoms with Gasteiger partial charge in [0.25, 0.3) is 17.5 Å². The van der Waals surface area contributed by atoms with Crippen molar-refractivity contribution in [2.45, 2.75) is 48.8 Å². The van der Waals surface area contributed by atoms with E-state index in [4.69, 9.17) is 5.73 Å². The van der Waals surface area contributed by atoms with Crippen LogP contribution in [-0.2, 0) is 14.8 Å². The monoisotopic (exact) mass is 519 g/mol. The first kappa shape index (κ1) is 25.7. The molecule has 1 unspecified atom stereocenters. The third-order valence-electron chi connectivity index (χ3n) is 6.47. The van der Waals surface area contributed by atoms with Gasteiger partial charge in [-0.15, -0.1) is 0 Å². The fraction of sp³-hybridized carbons (Fsp3) is 0.391. The minimum Gasteiger partial charge on any atom is -0.350 e. The van der Waals surface area contributed by atoms with Crippen molar-refractivity contribution in [3.63, 3.8) is 0 Å². The van der Waals surface area contributed by atoms with Crippen LogP contribution in [0.1, 0.15) is 36.0 Å². The molecule has 3 N–H and O–H groups in total. The number of nitro benzene ring substituents is 1. The highest BCUT2D eigenvalue weighted by atomic mass is 32.2. The maximum absolute atomic E-state index is 13.4. The van der Waals surface area contributed by atoms with Crippen molar-refractivity contribution in [2.24, 2.45) is 5.73 Å². The number of halogens is 1. The number of nitro groups is 1. The Bertz CT molecular complexity index is 1260. The lowest BCUT2D eigenvalue weighted by molar-refractivity contribution is -0.384. The minimum atomic E-state index is -4.29. The Balaban J connectivity index is 1.67. The molecule has 13 heteroatoms. The SMILES string of the molecule is NC1CCC(NC(=O)C2N(C(=O)c3cccc([N+](=O)[O-])c3)CCN2S(=O)(=O)c2ccc(F)cc2)CC1. The second-order valence-corrected chi connectivity index (χ2v) is 10.8. The Kier molecular flexibility index (Phi) is 7.33. The largest absolute Gasteiger partial charge is 0.350 e. The number of benzene rings is 2. The molecule has 1 saturated heterocycles. The summed E-state index contributed by atoms with van der Waals surface area (Å²) in [6.45, 7) is -0.302. The number of rotatable bonds is 6. The molecule has 2 aromatic carbocycles. The van der Waals surface area contributed by atoms with E-state index in [1.54, 1.807) is 0 Å². The number of nitrogens with one attached hydrogen (secondary N) is 1. The Morgan fingerprint density at radius 1 is 1.06 bits per heavy atom. The van der Waals surface area contributed by atoms with Crippen LogP contribution in [0.4, 0.5) is 10.1 Å². The predicted molar refractivity (Wildman–Crippen MR) is 127 cm³/mol. The minimum absolute atomic E-state index is 0.0342. The van der Waals surface area contributed by atoms with Crippen molar-refractivity contribution in [3.05, 3.63) is 70.0 Å². The first-order valence-electron chi connectivity index (χ1n) is 11.5. The molecule has 0 bridgehead atoms. The molecule has 0 aromatic heterocycles. The van der Waals surface area contributed by atoms with Crippen LogP contribution in [0.15, 0.2) is 53.4 Å². The molecule has 192 valence electrons. The van der Waals surface area contributed by atoms with Gasteiger partial charge in [0.15, 0.2) is 6.17 Å². The second-order valence-electron chi connectivity index (χ2n) is 8.87. The van der Waals surface area contributed by atoms with E-state index in [-0.39, 0.29) is 41.3 Å². The molecular weight excluding hydrogens is 493 g/mol. The number of sulfonamides is 1. The van der Waals surface area contributed by atoms with Crippen molar-refractivity contribution in [1.29, 1.82) is 0 Å². The zero-order chi connectivity index (χ0) is 26.0. The van der Waals surface area contributed by atoms with E-state index in [2.05, 4.69) is 5.32 Å². The molecule has 2 aromatic rings. The number of hydrogen-bond acceptors (Lipinski definition) is 7. The third-order valence-corrected chi connectivity index (χ3v) is 8.33. The van der Waals surface area contributed by atoms with Crippen molar-refractivity contribution >= 4 is 27.5 Å². The molecule has 2 aliphatic rings. The van der Waals surface area contributed by atoms with E-state index in [0.29, 0.717) is 25.7 Å². The smallest absolute Gasteiger partial charge is 0.270 e. The molecule has 1 atom stereocenters. The van der Waals surface area contributed by atoms with E-state index >= 15 is 0 Å². The zero-order valence-electron chi connectivity index (χ0n) is 19.2. The van der Waals surface area contributed by atoms with Gasteiger partial charge in [-0.2, -0.15) is 4.31 Å². The number of carbonyl (C=O) groups excluding carboxylic acids is 2. The lowest BCUT2D eigenvalue weighted by Crippen LogP contribution is -2.56. The van der Waals surface area contributed by atoms with Gasteiger partial charge in [0.2, 0.25) is 10.0 Å². The number of hydrogen-bond donors (Lipinski definition) is 2. The molecule has 2 amide bonds. The summed E-state index contributed by atoms with van der Waals surface area (Å²) in [5, 5.41) is 14.0. The average Bonchev–Trinajstić information content (AvgIpc) is 3.32. The van der Waals surface area contributed by atoms with Gasteiger partial charge in [-0.1, -0.05) is 6.07 Å². The molecular formula is C23H26FN5O6S. The van der Waals surface area contributed by atoms with Crippen LogP contribution in [0.25, 0.3) is 0 Å². The van der Waals surface area contributed by atoms with Crippen LogP contribution in [0.3, 0.4) is 0 Å². The topological polar surface area (TPSA) is 156 Å². The van der Waals surface area contributed by atoms with Gasteiger partial charge in [-0.05, 0) is 56.0 Å². The van der Waals surface area contributed by atoms with Crippen molar-refractivity contribution in [2.75, 3.05) is 13.1 Å². The van der Waals surface area contributed by atoms with Gasteiger partial charge in [-0.25, -0.2) is 12.8 Å². The number of amides is 2. The zero-order valence-corrected chi connectivity index (χ0v) is 20.1. The number of non-ortho nitro benzene ring substituents is 1. The second kappa shape index (κ2) is 10.3. The van der Waals surface area contributed by atoms with Crippen LogP contribution in [0.2, 0.25) is 0 Å². The van der Waals surface area contributed by atoms with Crippen LogP contribution < -0.4 is 11.1 Å². The lowest BCUT2D eigenvalue weighted by atomic mass is 9.92. The fourth-order valence-corrected chi connectivity index (χ4v) is 6.09. The van der Waals surface area contributed by atoms with E-state index in [0.717, 1.165) is 39.5 Å². The molecule has 0 radical (unpaired) electrons. The number of carbonyl (C=O) groups is 2. The van der Waals surface area contributed by atoms with Gasteiger partial charge in [-0.3, -0.25) is 19.7 Å². The van der Waals surface area contributed by atoms with E-state index in [1.165, 1.54) is 18.2 Å². The molecule has 0 spiro atoms. The highest BCUT2D eigenvalue weighted by Gasteiger charge is 2.47. The Hall–Kier alpha value is -3.42.